The van der Waals surface area contributed by atoms with Crippen molar-refractivity contribution >= 4 is 10.9 Å². The predicted molar refractivity (Wildman–Crippen MR) is 116 cm³/mol. The maximum absolute atomic E-state index is 14.9. The molecular formula is C23H15F4N5O4. The van der Waals surface area contributed by atoms with Crippen molar-refractivity contribution in [3.63, 3.8) is 0 Å². The van der Waals surface area contributed by atoms with Crippen LogP contribution in [0.4, 0.5) is 17.6 Å². The lowest BCUT2D eigenvalue weighted by Crippen LogP contribution is -2.33. The van der Waals surface area contributed by atoms with Gasteiger partial charge in [-0.3, -0.25) is 9.78 Å². The van der Waals surface area contributed by atoms with Crippen LogP contribution >= 0.6 is 0 Å². The van der Waals surface area contributed by atoms with Gasteiger partial charge in [0.15, 0.2) is 29.0 Å². The lowest BCUT2D eigenvalue weighted by molar-refractivity contribution is 0.0630. The molecule has 4 aromatic rings. The van der Waals surface area contributed by atoms with Gasteiger partial charge in [0.05, 0.1) is 24.4 Å². The molecule has 0 fully saturated rings. The Morgan fingerprint density at radius 2 is 1.81 bits per heavy atom. The lowest BCUT2D eigenvalue weighted by Gasteiger charge is -2.30. The van der Waals surface area contributed by atoms with Crippen LogP contribution in [0.2, 0.25) is 0 Å². The molecule has 0 radical (unpaired) electrons. The first-order chi connectivity index (χ1) is 17.0. The topological polar surface area (TPSA) is 126 Å². The molecule has 5 rings (SSSR count). The van der Waals surface area contributed by atoms with Gasteiger partial charge in [-0.2, -0.15) is 14.3 Å². The first-order valence-electron chi connectivity index (χ1n) is 10.4. The van der Waals surface area contributed by atoms with E-state index in [2.05, 4.69) is 10.1 Å². The summed E-state index contributed by atoms with van der Waals surface area (Å²) >= 11 is 0. The number of benzene rings is 2. The molecule has 0 bridgehead atoms. The van der Waals surface area contributed by atoms with Gasteiger partial charge in [-0.1, -0.05) is 13.8 Å². The maximum atomic E-state index is 14.9. The van der Waals surface area contributed by atoms with Crippen molar-refractivity contribution in [3.8, 4) is 23.3 Å². The number of aromatic amines is 2. The van der Waals surface area contributed by atoms with Crippen LogP contribution in [0.1, 0.15) is 30.8 Å². The average molecular weight is 501 g/mol. The molecule has 0 amide bonds. The summed E-state index contributed by atoms with van der Waals surface area (Å²) in [7, 11) is 0. The van der Waals surface area contributed by atoms with Crippen LogP contribution in [-0.4, -0.2) is 26.4 Å². The molecule has 2 aromatic heterocycles. The fourth-order valence-corrected chi connectivity index (χ4v) is 4.26. The molecule has 1 aliphatic heterocycles. The van der Waals surface area contributed by atoms with E-state index in [1.807, 2.05) is 13.8 Å². The van der Waals surface area contributed by atoms with Gasteiger partial charge in [0.1, 0.15) is 6.07 Å². The SMILES string of the molecule is CC1(C)COCc2[nH]c3c(F)c(F)c(Oc4c(F)cc(-n5nc(C#N)c(=O)[nH]c5=O)cc4F)cc3c21. The van der Waals surface area contributed by atoms with Crippen LogP contribution in [0.15, 0.2) is 27.8 Å². The summed E-state index contributed by atoms with van der Waals surface area (Å²) in [4.78, 5) is 28.1. The van der Waals surface area contributed by atoms with E-state index < -0.39 is 62.8 Å². The summed E-state index contributed by atoms with van der Waals surface area (Å²) in [6, 6.07) is 3.84. The molecule has 2 N–H and O–H groups in total. The Labute approximate surface area is 198 Å². The Hall–Kier alpha value is -4.44. The molecule has 9 nitrogen and oxygen atoms in total. The van der Waals surface area contributed by atoms with Crippen molar-refractivity contribution < 1.29 is 27.0 Å². The zero-order chi connectivity index (χ0) is 25.9. The smallest absolute Gasteiger partial charge is 0.349 e. The van der Waals surface area contributed by atoms with Gasteiger partial charge < -0.3 is 14.5 Å². The van der Waals surface area contributed by atoms with Crippen LogP contribution in [0.3, 0.4) is 0 Å². The maximum Gasteiger partial charge on any atom is 0.349 e. The van der Waals surface area contributed by atoms with Crippen molar-refractivity contribution in [1.82, 2.24) is 19.7 Å². The number of H-pyrrole nitrogens is 2. The summed E-state index contributed by atoms with van der Waals surface area (Å²) in [5.74, 6) is -7.36. The van der Waals surface area contributed by atoms with Gasteiger partial charge in [-0.05, 0) is 11.6 Å². The van der Waals surface area contributed by atoms with Crippen molar-refractivity contribution in [2.45, 2.75) is 25.9 Å². The number of nitrogens with one attached hydrogen (secondary N) is 2. The Morgan fingerprint density at radius 1 is 1.11 bits per heavy atom. The minimum atomic E-state index is -1.47. The van der Waals surface area contributed by atoms with Crippen LogP contribution in [-0.2, 0) is 16.8 Å². The monoisotopic (exact) mass is 501 g/mol. The van der Waals surface area contributed by atoms with Crippen LogP contribution in [0, 0.1) is 34.6 Å². The lowest BCUT2D eigenvalue weighted by atomic mass is 9.82. The summed E-state index contributed by atoms with van der Waals surface area (Å²) in [6.07, 6.45) is 0. The number of ether oxygens (including phenoxy) is 2. The molecule has 0 unspecified atom stereocenters. The summed E-state index contributed by atoms with van der Waals surface area (Å²) in [5.41, 5.74) is -2.91. The van der Waals surface area contributed by atoms with E-state index >= 15 is 0 Å². The second-order valence-electron chi connectivity index (χ2n) is 8.75. The van der Waals surface area contributed by atoms with Crippen LogP contribution < -0.4 is 16.0 Å². The van der Waals surface area contributed by atoms with Crippen molar-refractivity contribution in [2.75, 3.05) is 6.61 Å². The number of fused-ring (bicyclic) bond motifs is 3. The number of hydrogen-bond donors (Lipinski definition) is 2. The molecule has 0 saturated carbocycles. The number of hydrogen-bond acceptors (Lipinski definition) is 6. The van der Waals surface area contributed by atoms with Crippen molar-refractivity contribution in [1.29, 1.82) is 5.26 Å². The third kappa shape index (κ3) is 3.54. The van der Waals surface area contributed by atoms with Gasteiger partial charge in [0.2, 0.25) is 11.5 Å². The fraction of sp³-hybridized carbons (Fsp3) is 0.217. The Kier molecular flexibility index (Phi) is 5.22. The van der Waals surface area contributed by atoms with E-state index in [9.17, 15) is 27.2 Å². The second kappa shape index (κ2) is 8.06. The number of aromatic nitrogens is 4. The largest absolute Gasteiger partial charge is 0.448 e. The molecule has 36 heavy (non-hydrogen) atoms. The number of nitriles is 1. The van der Waals surface area contributed by atoms with Gasteiger partial charge in [0.25, 0.3) is 5.56 Å². The zero-order valence-corrected chi connectivity index (χ0v) is 18.6. The van der Waals surface area contributed by atoms with Crippen LogP contribution in [0.25, 0.3) is 16.6 Å². The standard InChI is InChI=1S/C23H15F4N5O4/c1-23(2)8-35-7-14-16(23)10-5-15(17(26)18(27)19(10)29-14)36-20-11(24)3-9(4-12(20)25)32-22(34)30-21(33)13(6-28)31-32/h3-5,29H,7-8H2,1-2H3,(H,30,33,34). The van der Waals surface area contributed by atoms with Gasteiger partial charge in [-0.15, -0.1) is 5.10 Å². The molecular weight excluding hydrogens is 486 g/mol. The number of rotatable bonds is 3. The highest BCUT2D eigenvalue weighted by Crippen LogP contribution is 2.42. The van der Waals surface area contributed by atoms with E-state index in [4.69, 9.17) is 14.7 Å². The normalized spacial score (nSPS) is 14.5. The minimum absolute atomic E-state index is 0.128. The van der Waals surface area contributed by atoms with Crippen LogP contribution in [0.5, 0.6) is 11.5 Å². The highest BCUT2D eigenvalue weighted by Gasteiger charge is 2.34. The molecule has 2 aromatic carbocycles. The van der Waals surface area contributed by atoms with E-state index in [0.29, 0.717) is 34.7 Å². The predicted octanol–water partition coefficient (Wildman–Crippen LogP) is 3.43. The fourth-order valence-electron chi connectivity index (χ4n) is 4.26. The minimum Gasteiger partial charge on any atom is -0.448 e. The van der Waals surface area contributed by atoms with Crippen molar-refractivity contribution in [2.24, 2.45) is 0 Å². The summed E-state index contributed by atoms with van der Waals surface area (Å²) in [5, 5.41) is 12.7. The summed E-state index contributed by atoms with van der Waals surface area (Å²) < 4.78 is 70.6. The third-order valence-electron chi connectivity index (χ3n) is 5.78. The number of nitrogens with zero attached hydrogens (tertiary/aromatic N) is 3. The Morgan fingerprint density at radius 3 is 2.47 bits per heavy atom. The van der Waals surface area contributed by atoms with E-state index in [-0.39, 0.29) is 17.5 Å². The molecule has 0 aliphatic carbocycles. The molecule has 0 atom stereocenters. The average Bonchev–Trinajstić information content (AvgIpc) is 3.19. The second-order valence-corrected chi connectivity index (χ2v) is 8.75. The van der Waals surface area contributed by atoms with E-state index in [0.717, 1.165) is 6.07 Å². The van der Waals surface area contributed by atoms with Crippen molar-refractivity contribution in [3.05, 3.63) is 79.3 Å². The summed E-state index contributed by atoms with van der Waals surface area (Å²) in [6.45, 7) is 4.17. The van der Waals surface area contributed by atoms with Gasteiger partial charge in [-0.25, -0.2) is 18.0 Å². The van der Waals surface area contributed by atoms with Gasteiger partial charge >= 0.3 is 5.69 Å². The zero-order valence-electron chi connectivity index (χ0n) is 18.6. The molecule has 3 heterocycles. The van der Waals surface area contributed by atoms with E-state index in [1.54, 1.807) is 4.98 Å². The first-order valence-corrected chi connectivity index (χ1v) is 10.4. The Balaban J connectivity index is 1.61. The molecule has 0 spiro atoms. The highest BCUT2D eigenvalue weighted by molar-refractivity contribution is 5.88. The first kappa shape index (κ1) is 23.3. The Bertz CT molecular complexity index is 1710. The molecule has 184 valence electrons. The van der Waals surface area contributed by atoms with Gasteiger partial charge in [0, 0.05) is 28.6 Å². The molecule has 1 aliphatic rings. The number of halogens is 4. The van der Waals surface area contributed by atoms with E-state index in [1.165, 1.54) is 6.07 Å². The third-order valence-corrected chi connectivity index (χ3v) is 5.78. The highest BCUT2D eigenvalue weighted by atomic mass is 19.2. The molecule has 0 saturated heterocycles. The molecule has 13 heteroatoms. The quantitative estimate of drug-likeness (QED) is 0.415.